The molecule has 0 spiro atoms. The van der Waals surface area contributed by atoms with E-state index < -0.39 is 0 Å². The fourth-order valence-electron chi connectivity index (χ4n) is 1.53. The first kappa shape index (κ1) is 8.99. The summed E-state index contributed by atoms with van der Waals surface area (Å²) in [5.41, 5.74) is 2.89. The summed E-state index contributed by atoms with van der Waals surface area (Å²) in [7, 11) is 0. The van der Waals surface area contributed by atoms with Gasteiger partial charge in [-0.3, -0.25) is 10.2 Å². The normalized spacial score (nSPS) is 27.1. The van der Waals surface area contributed by atoms with Crippen molar-refractivity contribution >= 4 is 11.6 Å². The molecular weight excluding hydrogens is 156 g/mol. The summed E-state index contributed by atoms with van der Waals surface area (Å²) in [4.78, 5) is 11.2. The van der Waals surface area contributed by atoms with Crippen LogP contribution in [-0.4, -0.2) is 11.6 Å². The van der Waals surface area contributed by atoms with Crippen molar-refractivity contribution in [3.8, 4) is 0 Å². The molecule has 0 saturated heterocycles. The minimum Gasteiger partial charge on any atom is -0.323 e. The highest BCUT2D eigenvalue weighted by atomic mass is 16.2. The smallest absolute Gasteiger partial charge is 0.242 e. The van der Waals surface area contributed by atoms with Crippen LogP contribution in [0.15, 0.2) is 5.10 Å². The van der Waals surface area contributed by atoms with Crippen LogP contribution in [0.4, 0.5) is 0 Å². The summed E-state index contributed by atoms with van der Waals surface area (Å²) in [6.07, 6.45) is 3.72. The molecule has 0 aromatic heterocycles. The van der Waals surface area contributed by atoms with Gasteiger partial charge >= 0.3 is 0 Å². The molecule has 0 heterocycles. The number of nitrogens with two attached hydrogens (primary N) is 2. The van der Waals surface area contributed by atoms with E-state index in [4.69, 9.17) is 11.7 Å². The molecule has 12 heavy (non-hydrogen) atoms. The second kappa shape index (κ2) is 4.06. The van der Waals surface area contributed by atoms with Crippen LogP contribution in [0.3, 0.4) is 0 Å². The third-order valence-corrected chi connectivity index (χ3v) is 2.20. The Morgan fingerprint density at radius 1 is 1.58 bits per heavy atom. The quantitative estimate of drug-likeness (QED) is 0.281. The van der Waals surface area contributed by atoms with Crippen LogP contribution in [-0.2, 0) is 4.79 Å². The minimum absolute atomic E-state index is 0.182. The molecule has 0 radical (unpaired) electrons. The Hall–Kier alpha value is -1.10. The van der Waals surface area contributed by atoms with Gasteiger partial charge in [-0.25, -0.2) is 5.84 Å². The average Bonchev–Trinajstić information content (AvgIpc) is 2.16. The van der Waals surface area contributed by atoms with E-state index in [9.17, 15) is 4.79 Å². The van der Waals surface area contributed by atoms with Crippen LogP contribution in [0.5, 0.6) is 0 Å². The maximum Gasteiger partial charge on any atom is 0.242 e. The third-order valence-electron chi connectivity index (χ3n) is 2.20. The van der Waals surface area contributed by atoms with Gasteiger partial charge in [-0.1, -0.05) is 6.42 Å². The number of hydrazone groups is 1. The third kappa shape index (κ3) is 1.73. The Kier molecular flexibility index (Phi) is 3.04. The first-order valence-corrected chi connectivity index (χ1v) is 4.06. The minimum atomic E-state index is -0.200. The van der Waals surface area contributed by atoms with Gasteiger partial charge in [-0.05, 0) is 19.3 Å². The molecule has 1 unspecified atom stereocenters. The number of hydrazine groups is 1. The summed E-state index contributed by atoms with van der Waals surface area (Å²) in [5, 5.41) is 3.60. The number of hydrogen-bond donors (Lipinski definition) is 3. The Balaban J connectivity index is 2.65. The number of nitrogens with zero attached hydrogens (tertiary/aromatic N) is 1. The van der Waals surface area contributed by atoms with E-state index in [-0.39, 0.29) is 11.8 Å². The number of carbonyl (C=O) groups is 1. The van der Waals surface area contributed by atoms with Crippen molar-refractivity contribution in [2.45, 2.75) is 25.7 Å². The first-order valence-electron chi connectivity index (χ1n) is 4.06. The number of nitrogens with one attached hydrogen (secondary N) is 1. The summed E-state index contributed by atoms with van der Waals surface area (Å²) >= 11 is 0. The first-order chi connectivity index (χ1) is 5.79. The lowest BCUT2D eigenvalue weighted by Gasteiger charge is -2.21. The molecule has 5 nitrogen and oxygen atoms in total. The Bertz CT molecular complexity index is 202. The van der Waals surface area contributed by atoms with Gasteiger partial charge in [-0.2, -0.15) is 5.10 Å². The molecule has 1 amide bonds. The molecule has 1 aliphatic carbocycles. The van der Waals surface area contributed by atoms with Gasteiger partial charge in [0.05, 0.1) is 11.6 Å². The molecule has 1 fully saturated rings. The Morgan fingerprint density at radius 2 is 2.33 bits per heavy atom. The lowest BCUT2D eigenvalue weighted by molar-refractivity contribution is -0.123. The predicted octanol–water partition coefficient (Wildman–Crippen LogP) is -0.519. The highest BCUT2D eigenvalue weighted by Crippen LogP contribution is 2.21. The van der Waals surface area contributed by atoms with Crippen molar-refractivity contribution < 1.29 is 4.79 Å². The summed E-state index contributed by atoms with van der Waals surface area (Å²) in [6.45, 7) is 0. The molecule has 5 heteroatoms. The zero-order valence-electron chi connectivity index (χ0n) is 6.92. The summed E-state index contributed by atoms with van der Waals surface area (Å²) in [5.74, 6) is 9.80. The standard InChI is InChI=1S/C7H14N4O/c8-10-6-4-2-1-3-5(6)7(12)11-9/h5H,1-4,8-9H2,(H,11,12)/b10-6-. The van der Waals surface area contributed by atoms with E-state index in [2.05, 4.69) is 10.5 Å². The molecule has 1 saturated carbocycles. The maximum atomic E-state index is 11.2. The molecule has 1 aliphatic rings. The molecule has 1 atom stereocenters. The van der Waals surface area contributed by atoms with Gasteiger partial charge in [0.2, 0.25) is 5.91 Å². The Morgan fingerprint density at radius 3 is 2.92 bits per heavy atom. The van der Waals surface area contributed by atoms with Gasteiger partial charge in [0.25, 0.3) is 0 Å². The van der Waals surface area contributed by atoms with Crippen LogP contribution in [0.1, 0.15) is 25.7 Å². The molecule has 0 aromatic carbocycles. The predicted molar refractivity (Wildman–Crippen MR) is 45.9 cm³/mol. The monoisotopic (exact) mass is 170 g/mol. The molecule has 0 bridgehead atoms. The largest absolute Gasteiger partial charge is 0.323 e. The molecular formula is C7H14N4O. The van der Waals surface area contributed by atoms with Crippen molar-refractivity contribution in [2.75, 3.05) is 0 Å². The second-order valence-corrected chi connectivity index (χ2v) is 2.93. The van der Waals surface area contributed by atoms with Crippen LogP contribution in [0.2, 0.25) is 0 Å². The molecule has 0 aliphatic heterocycles. The lowest BCUT2D eigenvalue weighted by Crippen LogP contribution is -2.41. The highest BCUT2D eigenvalue weighted by molar-refractivity contribution is 6.04. The fourth-order valence-corrected chi connectivity index (χ4v) is 1.53. The average molecular weight is 170 g/mol. The van der Waals surface area contributed by atoms with Gasteiger partial charge in [-0.15, -0.1) is 0 Å². The van der Waals surface area contributed by atoms with Crippen LogP contribution >= 0.6 is 0 Å². The zero-order chi connectivity index (χ0) is 8.97. The van der Waals surface area contributed by atoms with E-state index >= 15 is 0 Å². The zero-order valence-corrected chi connectivity index (χ0v) is 6.92. The van der Waals surface area contributed by atoms with Crippen molar-refractivity contribution in [3.05, 3.63) is 0 Å². The van der Waals surface area contributed by atoms with Crippen LogP contribution in [0.25, 0.3) is 0 Å². The molecule has 1 rings (SSSR count). The molecule has 5 N–H and O–H groups in total. The maximum absolute atomic E-state index is 11.2. The number of rotatable bonds is 1. The summed E-state index contributed by atoms with van der Waals surface area (Å²) < 4.78 is 0. The van der Waals surface area contributed by atoms with E-state index in [0.29, 0.717) is 0 Å². The number of carbonyl (C=O) groups excluding carboxylic acids is 1. The van der Waals surface area contributed by atoms with Crippen molar-refractivity contribution in [2.24, 2.45) is 22.7 Å². The van der Waals surface area contributed by atoms with Gasteiger partial charge < -0.3 is 5.84 Å². The molecule has 68 valence electrons. The van der Waals surface area contributed by atoms with Crippen molar-refractivity contribution in [1.82, 2.24) is 5.43 Å². The number of hydrogen-bond acceptors (Lipinski definition) is 4. The summed E-state index contributed by atoms with van der Waals surface area (Å²) in [6, 6.07) is 0. The topological polar surface area (TPSA) is 93.5 Å². The van der Waals surface area contributed by atoms with Gasteiger partial charge in [0.1, 0.15) is 0 Å². The van der Waals surface area contributed by atoms with E-state index in [1.165, 1.54) is 0 Å². The second-order valence-electron chi connectivity index (χ2n) is 2.93. The van der Waals surface area contributed by atoms with Gasteiger partial charge in [0, 0.05) is 0 Å². The fraction of sp³-hybridized carbons (Fsp3) is 0.714. The van der Waals surface area contributed by atoms with Gasteiger partial charge in [0.15, 0.2) is 0 Å². The van der Waals surface area contributed by atoms with E-state index in [0.717, 1.165) is 31.4 Å². The SMILES string of the molecule is N/N=C1/CCCCC1C(=O)NN. The van der Waals surface area contributed by atoms with Crippen molar-refractivity contribution in [1.29, 1.82) is 0 Å². The lowest BCUT2D eigenvalue weighted by atomic mass is 9.87. The van der Waals surface area contributed by atoms with Crippen LogP contribution in [0, 0.1) is 5.92 Å². The Labute approximate surface area is 71.1 Å². The number of amides is 1. The van der Waals surface area contributed by atoms with Crippen LogP contribution < -0.4 is 17.1 Å². The van der Waals surface area contributed by atoms with Crippen molar-refractivity contribution in [3.63, 3.8) is 0 Å². The van der Waals surface area contributed by atoms with E-state index in [1.807, 2.05) is 0 Å². The molecule has 0 aromatic rings. The highest BCUT2D eigenvalue weighted by Gasteiger charge is 2.26. The van der Waals surface area contributed by atoms with E-state index in [1.54, 1.807) is 0 Å².